The number of nitrogens with one attached hydrogen (secondary N) is 2. The smallest absolute Gasteiger partial charge is 0.408 e. The van der Waals surface area contributed by atoms with Gasteiger partial charge in [-0.15, -0.1) is 11.3 Å². The summed E-state index contributed by atoms with van der Waals surface area (Å²) in [5, 5.41) is 4.73. The van der Waals surface area contributed by atoms with E-state index in [0.717, 1.165) is 5.56 Å². The third kappa shape index (κ3) is 2.65. The SMILES string of the molecule is O=C(NCCc1ccc2[nH]c(=O)oc2c1)c1cccs1. The van der Waals surface area contributed by atoms with Gasteiger partial charge >= 0.3 is 5.76 Å². The van der Waals surface area contributed by atoms with E-state index in [1.54, 1.807) is 12.1 Å². The second-order valence-electron chi connectivity index (χ2n) is 4.33. The van der Waals surface area contributed by atoms with Crippen molar-refractivity contribution in [3.63, 3.8) is 0 Å². The summed E-state index contributed by atoms with van der Waals surface area (Å²) < 4.78 is 5.00. The molecule has 0 radical (unpaired) electrons. The Kier molecular flexibility index (Phi) is 3.39. The monoisotopic (exact) mass is 288 g/mol. The van der Waals surface area contributed by atoms with Crippen molar-refractivity contribution in [1.29, 1.82) is 0 Å². The zero-order valence-corrected chi connectivity index (χ0v) is 11.3. The van der Waals surface area contributed by atoms with Crippen LogP contribution in [-0.2, 0) is 6.42 Å². The zero-order chi connectivity index (χ0) is 13.9. The molecule has 0 unspecified atom stereocenters. The van der Waals surface area contributed by atoms with Crippen molar-refractivity contribution in [1.82, 2.24) is 10.3 Å². The van der Waals surface area contributed by atoms with Crippen LogP contribution < -0.4 is 11.1 Å². The number of aromatic amines is 1. The summed E-state index contributed by atoms with van der Waals surface area (Å²) >= 11 is 1.42. The second kappa shape index (κ2) is 5.34. The minimum atomic E-state index is -0.455. The van der Waals surface area contributed by atoms with E-state index in [1.807, 2.05) is 23.6 Å². The van der Waals surface area contributed by atoms with Gasteiger partial charge in [0.15, 0.2) is 5.58 Å². The molecule has 3 aromatic rings. The molecule has 102 valence electrons. The van der Waals surface area contributed by atoms with Gasteiger partial charge < -0.3 is 9.73 Å². The van der Waals surface area contributed by atoms with Crippen molar-refractivity contribution in [2.24, 2.45) is 0 Å². The van der Waals surface area contributed by atoms with Crippen LogP contribution in [-0.4, -0.2) is 17.4 Å². The predicted molar refractivity (Wildman–Crippen MR) is 77.2 cm³/mol. The van der Waals surface area contributed by atoms with E-state index in [0.29, 0.717) is 28.9 Å². The van der Waals surface area contributed by atoms with Crippen molar-refractivity contribution in [3.8, 4) is 0 Å². The van der Waals surface area contributed by atoms with E-state index in [4.69, 9.17) is 4.42 Å². The summed E-state index contributed by atoms with van der Waals surface area (Å²) in [5.74, 6) is -0.516. The average molecular weight is 288 g/mol. The van der Waals surface area contributed by atoms with E-state index in [-0.39, 0.29) is 5.91 Å². The molecule has 0 aliphatic heterocycles. The van der Waals surface area contributed by atoms with Crippen LogP contribution in [0.15, 0.2) is 44.9 Å². The first kappa shape index (κ1) is 12.7. The van der Waals surface area contributed by atoms with E-state index < -0.39 is 5.76 Å². The molecule has 0 saturated heterocycles. The van der Waals surface area contributed by atoms with Crippen LogP contribution in [0.25, 0.3) is 11.1 Å². The molecule has 20 heavy (non-hydrogen) atoms. The van der Waals surface area contributed by atoms with Crippen LogP contribution in [0.5, 0.6) is 0 Å². The molecular weight excluding hydrogens is 276 g/mol. The Balaban J connectivity index is 1.62. The number of hydrogen-bond acceptors (Lipinski definition) is 4. The zero-order valence-electron chi connectivity index (χ0n) is 10.5. The Morgan fingerprint density at radius 2 is 2.25 bits per heavy atom. The summed E-state index contributed by atoms with van der Waals surface area (Å²) in [7, 11) is 0. The van der Waals surface area contributed by atoms with Gasteiger partial charge in [0.05, 0.1) is 10.4 Å². The second-order valence-corrected chi connectivity index (χ2v) is 5.28. The summed E-state index contributed by atoms with van der Waals surface area (Å²) in [6, 6.07) is 9.16. The Labute approximate surface area is 118 Å². The highest BCUT2D eigenvalue weighted by atomic mass is 32.1. The van der Waals surface area contributed by atoms with Gasteiger partial charge in [-0.3, -0.25) is 9.78 Å². The maximum atomic E-state index is 11.7. The number of benzene rings is 1. The molecule has 3 rings (SSSR count). The fraction of sp³-hybridized carbons (Fsp3) is 0.143. The van der Waals surface area contributed by atoms with E-state index >= 15 is 0 Å². The highest BCUT2D eigenvalue weighted by Gasteiger charge is 2.06. The number of hydrogen-bond donors (Lipinski definition) is 2. The number of fused-ring (bicyclic) bond motifs is 1. The summed E-state index contributed by atoms with van der Waals surface area (Å²) in [5.41, 5.74) is 2.23. The topological polar surface area (TPSA) is 75.1 Å². The number of oxazole rings is 1. The molecule has 1 aromatic carbocycles. The molecule has 0 spiro atoms. The molecule has 0 atom stereocenters. The predicted octanol–water partition coefficient (Wildman–Crippen LogP) is 2.16. The van der Waals surface area contributed by atoms with Gasteiger partial charge in [-0.25, -0.2) is 4.79 Å². The minimum absolute atomic E-state index is 0.0609. The Hall–Kier alpha value is -2.34. The maximum Gasteiger partial charge on any atom is 0.417 e. The number of amides is 1. The first-order chi connectivity index (χ1) is 9.72. The first-order valence-electron chi connectivity index (χ1n) is 6.16. The van der Waals surface area contributed by atoms with Gasteiger partial charge in [0.2, 0.25) is 0 Å². The average Bonchev–Trinajstić information content (AvgIpc) is 3.05. The van der Waals surface area contributed by atoms with E-state index in [9.17, 15) is 9.59 Å². The lowest BCUT2D eigenvalue weighted by Crippen LogP contribution is -2.24. The normalized spacial score (nSPS) is 10.8. The Bertz CT molecular complexity index is 786. The Morgan fingerprint density at radius 3 is 3.05 bits per heavy atom. The molecule has 0 bridgehead atoms. The molecule has 2 N–H and O–H groups in total. The highest BCUT2D eigenvalue weighted by Crippen LogP contribution is 2.13. The van der Waals surface area contributed by atoms with Crippen molar-refractivity contribution >= 4 is 28.3 Å². The summed E-state index contributed by atoms with van der Waals surface area (Å²) in [6.45, 7) is 0.539. The number of carbonyl (C=O) groups excluding carboxylic acids is 1. The number of aromatic nitrogens is 1. The molecule has 6 heteroatoms. The van der Waals surface area contributed by atoms with Crippen LogP contribution in [0.3, 0.4) is 0 Å². The van der Waals surface area contributed by atoms with Gasteiger partial charge in [0.1, 0.15) is 0 Å². The maximum absolute atomic E-state index is 11.7. The van der Waals surface area contributed by atoms with Crippen molar-refractivity contribution in [2.75, 3.05) is 6.54 Å². The van der Waals surface area contributed by atoms with Gasteiger partial charge in [0, 0.05) is 6.54 Å². The van der Waals surface area contributed by atoms with Crippen LogP contribution in [0.4, 0.5) is 0 Å². The fourth-order valence-electron chi connectivity index (χ4n) is 1.96. The van der Waals surface area contributed by atoms with Crippen LogP contribution >= 0.6 is 11.3 Å². The Morgan fingerprint density at radius 1 is 1.35 bits per heavy atom. The van der Waals surface area contributed by atoms with Crippen LogP contribution in [0.2, 0.25) is 0 Å². The van der Waals surface area contributed by atoms with Gasteiger partial charge in [0.25, 0.3) is 5.91 Å². The molecule has 1 amide bonds. The van der Waals surface area contributed by atoms with Crippen molar-refractivity contribution < 1.29 is 9.21 Å². The van der Waals surface area contributed by atoms with Crippen molar-refractivity contribution in [2.45, 2.75) is 6.42 Å². The first-order valence-corrected chi connectivity index (χ1v) is 7.04. The van der Waals surface area contributed by atoms with Crippen molar-refractivity contribution in [3.05, 3.63) is 56.7 Å². The molecule has 5 nitrogen and oxygen atoms in total. The molecule has 0 aliphatic rings. The number of H-pyrrole nitrogens is 1. The third-order valence-electron chi connectivity index (χ3n) is 2.93. The standard InChI is InChI=1S/C14H12N2O3S/c17-13(12-2-1-7-20-12)15-6-5-9-3-4-10-11(8-9)19-14(18)16-10/h1-4,7-8H,5-6H2,(H,15,17)(H,16,18). The lowest BCUT2D eigenvalue weighted by molar-refractivity contribution is 0.0958. The van der Waals surface area contributed by atoms with Gasteiger partial charge in [-0.05, 0) is 35.6 Å². The largest absolute Gasteiger partial charge is 0.417 e. The van der Waals surface area contributed by atoms with E-state index in [1.165, 1.54) is 11.3 Å². The molecule has 0 aliphatic carbocycles. The minimum Gasteiger partial charge on any atom is -0.408 e. The molecule has 2 aromatic heterocycles. The molecular formula is C14H12N2O3S. The third-order valence-corrected chi connectivity index (χ3v) is 3.80. The number of carbonyl (C=O) groups is 1. The summed E-state index contributed by atoms with van der Waals surface area (Å²) in [6.07, 6.45) is 0.682. The quantitative estimate of drug-likeness (QED) is 0.772. The van der Waals surface area contributed by atoms with Gasteiger partial charge in [-0.2, -0.15) is 0 Å². The molecule has 0 fully saturated rings. The lowest BCUT2D eigenvalue weighted by Gasteiger charge is -2.03. The molecule has 2 heterocycles. The lowest BCUT2D eigenvalue weighted by atomic mass is 10.1. The number of thiophene rings is 1. The van der Waals surface area contributed by atoms with Crippen LogP contribution in [0.1, 0.15) is 15.2 Å². The fourth-order valence-corrected chi connectivity index (χ4v) is 2.60. The van der Waals surface area contributed by atoms with Gasteiger partial charge in [-0.1, -0.05) is 12.1 Å². The summed E-state index contributed by atoms with van der Waals surface area (Å²) in [4.78, 5) is 26.1. The highest BCUT2D eigenvalue weighted by molar-refractivity contribution is 7.12. The van der Waals surface area contributed by atoms with Crippen LogP contribution in [0, 0.1) is 0 Å². The number of rotatable bonds is 4. The molecule has 0 saturated carbocycles. The van der Waals surface area contributed by atoms with E-state index in [2.05, 4.69) is 10.3 Å².